The molecule has 0 radical (unpaired) electrons. The van der Waals surface area contributed by atoms with Crippen LogP contribution in [-0.2, 0) is 4.74 Å². The van der Waals surface area contributed by atoms with Crippen LogP contribution in [-0.4, -0.2) is 40.2 Å². The molecule has 0 bridgehead atoms. The summed E-state index contributed by atoms with van der Waals surface area (Å²) >= 11 is 0. The summed E-state index contributed by atoms with van der Waals surface area (Å²) in [7, 11) is 0. The van der Waals surface area contributed by atoms with Crippen LogP contribution in [0.3, 0.4) is 0 Å². The zero-order valence-corrected chi connectivity index (χ0v) is 14.3. The molecule has 4 nitrogen and oxygen atoms in total. The second-order valence-corrected chi connectivity index (χ2v) is 7.30. The molecule has 134 valence electrons. The fourth-order valence-electron chi connectivity index (χ4n) is 2.86. The highest BCUT2D eigenvalue weighted by Gasteiger charge is 2.43. The lowest BCUT2D eigenvalue weighted by atomic mass is 9.92. The van der Waals surface area contributed by atoms with Crippen molar-refractivity contribution < 1.29 is 23.4 Å². The van der Waals surface area contributed by atoms with Gasteiger partial charge in [0.05, 0.1) is 6.10 Å². The molecule has 0 saturated carbocycles. The molecule has 1 heterocycles. The Hall–Kier alpha value is -1.69. The van der Waals surface area contributed by atoms with Gasteiger partial charge in [0.1, 0.15) is 5.60 Å². The number of alkyl halides is 2. The summed E-state index contributed by atoms with van der Waals surface area (Å²) in [5.74, 6) is -2.83. The molecule has 24 heavy (non-hydrogen) atoms. The molecule has 1 aliphatic rings. The molecule has 1 saturated heterocycles. The van der Waals surface area contributed by atoms with E-state index in [0.717, 1.165) is 0 Å². The standard InChI is InChI=1S/C18H25F2NO3/c1-17(2,3)24-16(23)21-10-9-18(19,20)12-14(21)11-15(22)13-7-5-4-6-8-13/h4-8,14-15,22H,9-12H2,1-3H3/t14-,15-/m1/s1. The predicted octanol–water partition coefficient (Wildman–Crippen LogP) is 4.14. The lowest BCUT2D eigenvalue weighted by Gasteiger charge is -2.40. The van der Waals surface area contributed by atoms with Gasteiger partial charge in [-0.2, -0.15) is 0 Å². The molecule has 1 amide bonds. The summed E-state index contributed by atoms with van der Waals surface area (Å²) in [6.07, 6.45) is -2.31. The molecule has 0 spiro atoms. The molecule has 2 atom stereocenters. The van der Waals surface area contributed by atoms with Crippen molar-refractivity contribution in [3.05, 3.63) is 35.9 Å². The number of likely N-dealkylation sites (tertiary alicyclic amines) is 1. The quantitative estimate of drug-likeness (QED) is 0.899. The molecule has 1 aliphatic heterocycles. The summed E-state index contributed by atoms with van der Waals surface area (Å²) in [5, 5.41) is 10.4. The average Bonchev–Trinajstić information content (AvgIpc) is 2.45. The van der Waals surface area contributed by atoms with Crippen LogP contribution in [0, 0.1) is 0 Å². The number of hydrogen-bond acceptors (Lipinski definition) is 3. The normalized spacial score (nSPS) is 22.1. The number of amides is 1. The highest BCUT2D eigenvalue weighted by atomic mass is 19.3. The van der Waals surface area contributed by atoms with Gasteiger partial charge in [0.15, 0.2) is 0 Å². The maximum Gasteiger partial charge on any atom is 0.410 e. The summed E-state index contributed by atoms with van der Waals surface area (Å²) in [6.45, 7) is 5.12. The summed E-state index contributed by atoms with van der Waals surface area (Å²) in [5.41, 5.74) is -0.0462. The van der Waals surface area contributed by atoms with Crippen molar-refractivity contribution in [3.8, 4) is 0 Å². The highest BCUT2D eigenvalue weighted by molar-refractivity contribution is 5.68. The van der Waals surface area contributed by atoms with Gasteiger partial charge in [-0.05, 0) is 32.8 Å². The molecule has 0 aromatic heterocycles. The number of hydrogen-bond donors (Lipinski definition) is 1. The van der Waals surface area contributed by atoms with Crippen molar-refractivity contribution in [3.63, 3.8) is 0 Å². The van der Waals surface area contributed by atoms with Gasteiger partial charge in [0, 0.05) is 25.4 Å². The van der Waals surface area contributed by atoms with Crippen LogP contribution in [0.4, 0.5) is 13.6 Å². The largest absolute Gasteiger partial charge is 0.444 e. The van der Waals surface area contributed by atoms with E-state index >= 15 is 0 Å². The van der Waals surface area contributed by atoms with Crippen LogP contribution in [0.25, 0.3) is 0 Å². The second-order valence-electron chi connectivity index (χ2n) is 7.30. The first-order valence-electron chi connectivity index (χ1n) is 8.18. The van der Waals surface area contributed by atoms with E-state index in [1.54, 1.807) is 45.0 Å². The van der Waals surface area contributed by atoms with Crippen LogP contribution >= 0.6 is 0 Å². The van der Waals surface area contributed by atoms with E-state index in [-0.39, 0.29) is 19.4 Å². The average molecular weight is 341 g/mol. The topological polar surface area (TPSA) is 49.8 Å². The van der Waals surface area contributed by atoms with E-state index in [0.29, 0.717) is 5.56 Å². The van der Waals surface area contributed by atoms with E-state index in [4.69, 9.17) is 4.74 Å². The Morgan fingerprint density at radius 1 is 1.38 bits per heavy atom. The molecule has 6 heteroatoms. The number of benzene rings is 1. The first kappa shape index (κ1) is 18.6. The number of carbonyl (C=O) groups is 1. The Kier molecular flexibility index (Phi) is 5.48. The van der Waals surface area contributed by atoms with E-state index < -0.39 is 36.2 Å². The monoisotopic (exact) mass is 341 g/mol. The summed E-state index contributed by atoms with van der Waals surface area (Å²) in [4.78, 5) is 13.7. The molecular weight excluding hydrogens is 316 g/mol. The zero-order valence-electron chi connectivity index (χ0n) is 14.3. The van der Waals surface area contributed by atoms with Gasteiger partial charge in [0.25, 0.3) is 5.92 Å². The molecule has 1 aromatic carbocycles. The predicted molar refractivity (Wildman–Crippen MR) is 86.9 cm³/mol. The van der Waals surface area contributed by atoms with Gasteiger partial charge < -0.3 is 14.7 Å². The van der Waals surface area contributed by atoms with Gasteiger partial charge >= 0.3 is 6.09 Å². The molecule has 0 unspecified atom stereocenters. The van der Waals surface area contributed by atoms with Crippen LogP contribution < -0.4 is 0 Å². The number of rotatable bonds is 3. The third-order valence-electron chi connectivity index (χ3n) is 4.00. The van der Waals surface area contributed by atoms with E-state index in [1.807, 2.05) is 6.07 Å². The van der Waals surface area contributed by atoms with Crippen molar-refractivity contribution in [1.29, 1.82) is 0 Å². The number of ether oxygens (including phenoxy) is 1. The molecule has 1 aromatic rings. The van der Waals surface area contributed by atoms with Gasteiger partial charge in [-0.1, -0.05) is 30.3 Å². The summed E-state index contributed by atoms with van der Waals surface area (Å²) in [6, 6.07) is 8.09. The molecular formula is C18H25F2NO3. The van der Waals surface area contributed by atoms with Gasteiger partial charge in [-0.15, -0.1) is 0 Å². The fraction of sp³-hybridized carbons (Fsp3) is 0.611. The van der Waals surface area contributed by atoms with Gasteiger partial charge in [-0.25, -0.2) is 13.6 Å². The van der Waals surface area contributed by atoms with Crippen molar-refractivity contribution in [2.75, 3.05) is 6.54 Å². The molecule has 1 fully saturated rings. The van der Waals surface area contributed by atoms with E-state index in [9.17, 15) is 18.7 Å². The number of halogens is 2. The minimum Gasteiger partial charge on any atom is -0.444 e. The smallest absolute Gasteiger partial charge is 0.410 e. The van der Waals surface area contributed by atoms with Crippen molar-refractivity contribution in [2.24, 2.45) is 0 Å². The third kappa shape index (κ3) is 5.16. The Bertz CT molecular complexity index is 557. The van der Waals surface area contributed by atoms with E-state index in [1.165, 1.54) is 4.90 Å². The first-order chi connectivity index (χ1) is 11.1. The first-order valence-corrected chi connectivity index (χ1v) is 8.18. The minimum absolute atomic E-state index is 0.0544. The molecule has 1 N–H and O–H groups in total. The summed E-state index contributed by atoms with van der Waals surface area (Å²) < 4.78 is 33.0. The van der Waals surface area contributed by atoms with Crippen LogP contribution in [0.1, 0.15) is 51.7 Å². The van der Waals surface area contributed by atoms with Crippen molar-refractivity contribution in [1.82, 2.24) is 4.90 Å². The SMILES string of the molecule is CC(C)(C)OC(=O)N1CCC(F)(F)C[C@H]1C[C@@H](O)c1ccccc1. The lowest BCUT2D eigenvalue weighted by molar-refractivity contribution is -0.0864. The number of aliphatic hydroxyl groups is 1. The van der Waals surface area contributed by atoms with Crippen LogP contribution in [0.15, 0.2) is 30.3 Å². The fourth-order valence-corrected chi connectivity index (χ4v) is 2.86. The van der Waals surface area contributed by atoms with Crippen molar-refractivity contribution >= 4 is 6.09 Å². The number of aliphatic hydroxyl groups excluding tert-OH is 1. The number of piperidine rings is 1. The zero-order chi connectivity index (χ0) is 18.0. The van der Waals surface area contributed by atoms with Gasteiger partial charge in [-0.3, -0.25) is 0 Å². The Labute approximate surface area is 141 Å². The Morgan fingerprint density at radius 3 is 2.58 bits per heavy atom. The molecule has 0 aliphatic carbocycles. The number of nitrogens with zero attached hydrogens (tertiary/aromatic N) is 1. The maximum atomic E-state index is 13.8. The van der Waals surface area contributed by atoms with Gasteiger partial charge in [0.2, 0.25) is 0 Å². The van der Waals surface area contributed by atoms with E-state index in [2.05, 4.69) is 0 Å². The molecule has 2 rings (SSSR count). The number of carbonyl (C=O) groups excluding carboxylic acids is 1. The Balaban J connectivity index is 2.12. The van der Waals surface area contributed by atoms with Crippen LogP contribution in [0.5, 0.6) is 0 Å². The third-order valence-corrected chi connectivity index (χ3v) is 4.00. The highest BCUT2D eigenvalue weighted by Crippen LogP contribution is 2.36. The Morgan fingerprint density at radius 2 is 2.00 bits per heavy atom. The second kappa shape index (κ2) is 7.05. The maximum absolute atomic E-state index is 13.8. The lowest BCUT2D eigenvalue weighted by Crippen LogP contribution is -2.51. The van der Waals surface area contributed by atoms with Crippen LogP contribution in [0.2, 0.25) is 0 Å². The van der Waals surface area contributed by atoms with Crippen molar-refractivity contribution in [2.45, 2.75) is 63.7 Å². The minimum atomic E-state index is -2.83.